The summed E-state index contributed by atoms with van der Waals surface area (Å²) < 4.78 is 23.1. The third kappa shape index (κ3) is 9.87. The minimum atomic E-state index is -0.0854. The molecule has 0 aromatic heterocycles. The van der Waals surface area contributed by atoms with Crippen molar-refractivity contribution in [2.75, 3.05) is 7.11 Å². The topological polar surface area (TPSA) is 158 Å². The Kier molecular flexibility index (Phi) is 10.4. The van der Waals surface area contributed by atoms with Gasteiger partial charge in [0.05, 0.1) is 6.61 Å². The Bertz CT molecular complexity index is 1790. The van der Waals surface area contributed by atoms with Crippen molar-refractivity contribution in [3.05, 3.63) is 124 Å². The molecule has 0 amide bonds. The summed E-state index contributed by atoms with van der Waals surface area (Å²) in [6, 6.07) is 24.0. The molecule has 0 fully saturated rings. The van der Waals surface area contributed by atoms with Crippen LogP contribution >= 0.6 is 0 Å². The summed E-state index contributed by atoms with van der Waals surface area (Å²) >= 11 is 0. The average Bonchev–Trinajstić information content (AvgIpc) is 3.00. The second kappa shape index (κ2) is 15.0. The molecule has 5 aromatic carbocycles. The largest absolute Gasteiger partial charge is 0.508 e. The second-order valence-electron chi connectivity index (χ2n) is 11.2. The van der Waals surface area contributed by atoms with Gasteiger partial charge >= 0.3 is 0 Å². The molecule has 5 aromatic rings. The number of phenols is 6. The van der Waals surface area contributed by atoms with E-state index in [1.807, 2.05) is 18.2 Å². The van der Waals surface area contributed by atoms with Crippen molar-refractivity contribution in [3.8, 4) is 51.7 Å². The fourth-order valence-electron chi connectivity index (χ4n) is 5.16. The molecule has 0 aliphatic rings. The first-order chi connectivity index (χ1) is 22.6. The molecule has 0 aliphatic heterocycles. The summed E-state index contributed by atoms with van der Waals surface area (Å²) in [6.45, 7) is 0.665. The SMILES string of the molecule is COCc1cc(CCc2cc(O)cc(O)c2)cc(OCc2cc(O)cc(OCc3cc(O)cc(OCc4cc(O)cc(O)c4)c3)c2)c1. The van der Waals surface area contributed by atoms with Crippen LogP contribution in [0.4, 0.5) is 0 Å². The van der Waals surface area contributed by atoms with Gasteiger partial charge in [0, 0.05) is 31.4 Å². The zero-order valence-electron chi connectivity index (χ0n) is 25.7. The number of phenolic OH excluding ortho intramolecular Hbond substituents is 6. The van der Waals surface area contributed by atoms with Gasteiger partial charge in [0.2, 0.25) is 0 Å². The van der Waals surface area contributed by atoms with E-state index in [-0.39, 0.29) is 54.3 Å². The highest BCUT2D eigenvalue weighted by Gasteiger charge is 2.09. The van der Waals surface area contributed by atoms with Crippen LogP contribution in [0.25, 0.3) is 0 Å². The van der Waals surface area contributed by atoms with Crippen LogP contribution in [0.3, 0.4) is 0 Å². The van der Waals surface area contributed by atoms with E-state index in [0.29, 0.717) is 53.4 Å². The van der Waals surface area contributed by atoms with Crippen LogP contribution < -0.4 is 14.2 Å². The van der Waals surface area contributed by atoms with Gasteiger partial charge in [0.25, 0.3) is 0 Å². The number of aromatic hydroxyl groups is 6. The van der Waals surface area contributed by atoms with Crippen LogP contribution in [0.2, 0.25) is 0 Å². The third-order valence-corrected chi connectivity index (χ3v) is 7.08. The molecule has 0 saturated carbocycles. The van der Waals surface area contributed by atoms with E-state index in [0.717, 1.165) is 16.7 Å². The molecule has 10 heteroatoms. The van der Waals surface area contributed by atoms with E-state index in [1.54, 1.807) is 37.4 Å². The molecule has 6 N–H and O–H groups in total. The van der Waals surface area contributed by atoms with Crippen LogP contribution in [-0.2, 0) is 44.0 Å². The van der Waals surface area contributed by atoms with Gasteiger partial charge in [0.1, 0.15) is 71.6 Å². The molecule has 0 bridgehead atoms. The maximum atomic E-state index is 10.4. The van der Waals surface area contributed by atoms with Crippen LogP contribution in [0, 0.1) is 0 Å². The molecule has 0 saturated heterocycles. The fraction of sp³-hybridized carbons (Fsp3) is 0.189. The Morgan fingerprint density at radius 2 is 0.638 bits per heavy atom. The van der Waals surface area contributed by atoms with E-state index >= 15 is 0 Å². The molecular weight excluding hydrogens is 604 g/mol. The molecule has 244 valence electrons. The first-order valence-electron chi connectivity index (χ1n) is 14.8. The summed E-state index contributed by atoms with van der Waals surface area (Å²) in [5.74, 6) is 1.20. The summed E-state index contributed by atoms with van der Waals surface area (Å²) in [4.78, 5) is 0. The van der Waals surface area contributed by atoms with Gasteiger partial charge in [-0.3, -0.25) is 0 Å². The number of aryl methyl sites for hydroxylation is 2. The van der Waals surface area contributed by atoms with Crippen LogP contribution in [0.15, 0.2) is 91.0 Å². The van der Waals surface area contributed by atoms with Gasteiger partial charge in [-0.2, -0.15) is 0 Å². The smallest absolute Gasteiger partial charge is 0.123 e. The standard InChI is InChI=1S/C37H36O10/c1-44-19-25-4-23(2-3-24-5-29(38)15-30(39)6-24)11-35(12-25)45-21-27-9-33(42)18-37(13-27)47-22-28-10-34(43)17-36(14-28)46-20-26-7-31(40)16-32(41)8-26/h4-18,38-43H,2-3,19-22H2,1H3. The molecule has 0 unspecified atom stereocenters. The lowest BCUT2D eigenvalue weighted by Gasteiger charge is -2.14. The molecule has 47 heavy (non-hydrogen) atoms. The first-order valence-corrected chi connectivity index (χ1v) is 14.8. The lowest BCUT2D eigenvalue weighted by molar-refractivity contribution is 0.184. The Hall–Kier alpha value is -5.74. The molecule has 5 rings (SSSR count). The number of methoxy groups -OCH3 is 1. The van der Waals surface area contributed by atoms with Crippen LogP contribution in [-0.4, -0.2) is 37.7 Å². The number of rotatable bonds is 14. The highest BCUT2D eigenvalue weighted by Crippen LogP contribution is 2.29. The highest BCUT2D eigenvalue weighted by atomic mass is 16.5. The lowest BCUT2D eigenvalue weighted by atomic mass is 10.0. The highest BCUT2D eigenvalue weighted by molar-refractivity contribution is 5.42. The minimum Gasteiger partial charge on any atom is -0.508 e. The summed E-state index contributed by atoms with van der Waals surface area (Å²) in [5, 5.41) is 59.6. The number of hydrogen-bond acceptors (Lipinski definition) is 10. The number of hydrogen-bond donors (Lipinski definition) is 6. The molecule has 10 nitrogen and oxygen atoms in total. The summed E-state index contributed by atoms with van der Waals surface area (Å²) in [7, 11) is 1.62. The van der Waals surface area contributed by atoms with Gasteiger partial charge in [-0.05, 0) is 107 Å². The van der Waals surface area contributed by atoms with Crippen molar-refractivity contribution in [3.63, 3.8) is 0 Å². The summed E-state index contributed by atoms with van der Waals surface area (Å²) in [6.07, 6.45) is 1.24. The Balaban J connectivity index is 1.22. The maximum Gasteiger partial charge on any atom is 0.123 e. The zero-order chi connectivity index (χ0) is 33.3. The predicted octanol–water partition coefficient (Wildman–Crippen LogP) is 6.59. The van der Waals surface area contributed by atoms with Crippen molar-refractivity contribution in [2.45, 2.75) is 39.3 Å². The van der Waals surface area contributed by atoms with Gasteiger partial charge in [0.15, 0.2) is 0 Å². The Morgan fingerprint density at radius 3 is 1.06 bits per heavy atom. The van der Waals surface area contributed by atoms with Gasteiger partial charge in [-0.1, -0.05) is 6.07 Å². The van der Waals surface area contributed by atoms with E-state index in [1.165, 1.54) is 42.5 Å². The molecule has 0 radical (unpaired) electrons. The number of ether oxygens (including phenoxy) is 4. The third-order valence-electron chi connectivity index (χ3n) is 7.08. The normalized spacial score (nSPS) is 10.9. The average molecular weight is 641 g/mol. The van der Waals surface area contributed by atoms with Crippen molar-refractivity contribution < 1.29 is 49.6 Å². The van der Waals surface area contributed by atoms with E-state index in [4.69, 9.17) is 18.9 Å². The van der Waals surface area contributed by atoms with E-state index in [9.17, 15) is 30.6 Å². The van der Waals surface area contributed by atoms with Gasteiger partial charge in [-0.15, -0.1) is 0 Å². The molecule has 0 spiro atoms. The monoisotopic (exact) mass is 640 g/mol. The Labute approximate surface area is 271 Å². The van der Waals surface area contributed by atoms with Crippen LogP contribution in [0.5, 0.6) is 51.7 Å². The van der Waals surface area contributed by atoms with Crippen molar-refractivity contribution >= 4 is 0 Å². The van der Waals surface area contributed by atoms with Crippen molar-refractivity contribution in [1.82, 2.24) is 0 Å². The quantitative estimate of drug-likeness (QED) is 0.0782. The minimum absolute atomic E-state index is 0.00131. The van der Waals surface area contributed by atoms with Crippen LogP contribution in [0.1, 0.15) is 33.4 Å². The Morgan fingerprint density at radius 1 is 0.340 bits per heavy atom. The lowest BCUT2D eigenvalue weighted by Crippen LogP contribution is -2.01. The molecule has 0 aliphatic carbocycles. The van der Waals surface area contributed by atoms with Gasteiger partial charge in [-0.25, -0.2) is 0 Å². The van der Waals surface area contributed by atoms with Crippen molar-refractivity contribution in [1.29, 1.82) is 0 Å². The molecule has 0 heterocycles. The fourth-order valence-corrected chi connectivity index (χ4v) is 5.16. The van der Waals surface area contributed by atoms with E-state index in [2.05, 4.69) is 0 Å². The first kappa shape index (κ1) is 32.6. The second-order valence-corrected chi connectivity index (χ2v) is 11.2. The molecule has 0 atom stereocenters. The zero-order valence-corrected chi connectivity index (χ0v) is 25.7. The van der Waals surface area contributed by atoms with Gasteiger partial charge < -0.3 is 49.6 Å². The summed E-state index contributed by atoms with van der Waals surface area (Å²) in [5.41, 5.74) is 4.55. The number of benzene rings is 5. The van der Waals surface area contributed by atoms with Crippen molar-refractivity contribution in [2.24, 2.45) is 0 Å². The maximum absolute atomic E-state index is 10.4. The predicted molar refractivity (Wildman–Crippen MR) is 173 cm³/mol. The molecular formula is C37H36O10. The van der Waals surface area contributed by atoms with E-state index < -0.39 is 0 Å².